The topological polar surface area (TPSA) is 104 Å². The van der Waals surface area contributed by atoms with E-state index in [2.05, 4.69) is 24.9 Å². The number of fused-ring (bicyclic) bond motifs is 3. The van der Waals surface area contributed by atoms with E-state index in [0.717, 1.165) is 33.1 Å². The van der Waals surface area contributed by atoms with Crippen molar-refractivity contribution in [1.29, 1.82) is 0 Å². The number of hydrogen-bond donors (Lipinski definition) is 2. The van der Waals surface area contributed by atoms with E-state index in [1.165, 1.54) is 0 Å². The zero-order chi connectivity index (χ0) is 23.8. The number of ketones is 2. The second-order valence-corrected chi connectivity index (χ2v) is 8.53. The monoisotopic (exact) mass is 459 g/mol. The minimum absolute atomic E-state index is 0.0170. The van der Waals surface area contributed by atoms with Crippen LogP contribution < -0.4 is 0 Å². The Kier molecular flexibility index (Phi) is 5.15. The van der Waals surface area contributed by atoms with E-state index < -0.39 is 0 Å². The maximum atomic E-state index is 13.1. The molecule has 3 heterocycles. The van der Waals surface area contributed by atoms with Crippen molar-refractivity contribution >= 4 is 44.4 Å². The number of rotatable bonds is 7. The molecule has 0 spiro atoms. The van der Waals surface area contributed by atoms with E-state index in [1.54, 1.807) is 18.3 Å². The van der Waals surface area contributed by atoms with Crippen LogP contribution in [0.3, 0.4) is 0 Å². The Labute approximate surface area is 200 Å². The van der Waals surface area contributed by atoms with Gasteiger partial charge >= 0.3 is 0 Å². The number of imidazole rings is 2. The Balaban J connectivity index is 1.21. The molecule has 0 aliphatic carbocycles. The van der Waals surface area contributed by atoms with Crippen molar-refractivity contribution in [3.8, 4) is 0 Å². The molecule has 0 aliphatic heterocycles. The summed E-state index contributed by atoms with van der Waals surface area (Å²) in [6, 6.07) is 22.9. The lowest BCUT2D eigenvalue weighted by Gasteiger charge is -2.01. The number of H-pyrrole nitrogens is 2. The second-order valence-electron chi connectivity index (χ2n) is 8.53. The van der Waals surface area contributed by atoms with Gasteiger partial charge in [-0.2, -0.15) is 0 Å². The van der Waals surface area contributed by atoms with Gasteiger partial charge in [0.1, 0.15) is 17.3 Å². The molecule has 6 rings (SSSR count). The molecule has 170 valence electrons. The van der Waals surface area contributed by atoms with Gasteiger partial charge in [-0.05, 0) is 35.7 Å². The highest BCUT2D eigenvalue weighted by atomic mass is 16.1. The van der Waals surface area contributed by atoms with Gasteiger partial charge in [0.2, 0.25) is 0 Å². The zero-order valence-corrected chi connectivity index (χ0v) is 18.8. The van der Waals surface area contributed by atoms with Crippen LogP contribution in [0.1, 0.15) is 38.9 Å². The van der Waals surface area contributed by atoms with Crippen molar-refractivity contribution in [2.45, 2.75) is 19.3 Å². The minimum Gasteiger partial charge on any atom is -0.342 e. The van der Waals surface area contributed by atoms with Crippen molar-refractivity contribution in [3.63, 3.8) is 0 Å². The number of aryl methyl sites for hydroxylation is 1. The van der Waals surface area contributed by atoms with Crippen molar-refractivity contribution in [2.24, 2.45) is 0 Å². The fourth-order valence-corrected chi connectivity index (χ4v) is 4.36. The number of benzene rings is 3. The molecule has 0 unspecified atom stereocenters. The van der Waals surface area contributed by atoms with Crippen molar-refractivity contribution in [2.75, 3.05) is 0 Å². The fourth-order valence-electron chi connectivity index (χ4n) is 4.36. The highest BCUT2D eigenvalue weighted by Gasteiger charge is 2.17. The van der Waals surface area contributed by atoms with E-state index in [1.807, 2.05) is 60.7 Å². The summed E-state index contributed by atoms with van der Waals surface area (Å²) in [6.45, 7) is 0. The van der Waals surface area contributed by atoms with Crippen molar-refractivity contribution in [1.82, 2.24) is 24.9 Å². The van der Waals surface area contributed by atoms with Gasteiger partial charge < -0.3 is 9.97 Å². The molecular weight excluding hydrogens is 438 g/mol. The first-order valence-electron chi connectivity index (χ1n) is 11.5. The highest BCUT2D eigenvalue weighted by Crippen LogP contribution is 2.21. The number of carbonyl (C=O) groups is 2. The summed E-state index contributed by atoms with van der Waals surface area (Å²) in [4.78, 5) is 45.9. The molecule has 3 aromatic heterocycles. The summed E-state index contributed by atoms with van der Waals surface area (Å²) in [5, 5.41) is 1.95. The number of pyridine rings is 1. The number of nitrogens with one attached hydrogen (secondary N) is 2. The molecule has 6 aromatic rings. The first-order valence-corrected chi connectivity index (χ1v) is 11.5. The Morgan fingerprint density at radius 1 is 0.743 bits per heavy atom. The number of nitrogens with zero attached hydrogens (tertiary/aromatic N) is 3. The molecular formula is C28H21N5O2. The summed E-state index contributed by atoms with van der Waals surface area (Å²) in [5.41, 5.74) is 4.09. The Morgan fingerprint density at radius 2 is 1.51 bits per heavy atom. The summed E-state index contributed by atoms with van der Waals surface area (Å²) in [6.07, 6.45) is 2.60. The molecule has 35 heavy (non-hydrogen) atoms. The van der Waals surface area contributed by atoms with Gasteiger partial charge in [-0.1, -0.05) is 42.5 Å². The fraction of sp³-hybridized carbons (Fsp3) is 0.107. The molecule has 7 nitrogen and oxygen atoms in total. The summed E-state index contributed by atoms with van der Waals surface area (Å²) < 4.78 is 0. The highest BCUT2D eigenvalue weighted by molar-refractivity contribution is 6.06. The lowest BCUT2D eigenvalue weighted by Crippen LogP contribution is -2.07. The Bertz CT molecular complexity index is 1700. The average Bonchev–Trinajstić information content (AvgIpc) is 3.50. The first-order chi connectivity index (χ1) is 17.1. The number of aromatic amines is 2. The first kappa shape index (κ1) is 20.9. The second kappa shape index (κ2) is 8.61. The van der Waals surface area contributed by atoms with Gasteiger partial charge in [0.15, 0.2) is 11.6 Å². The molecule has 0 saturated carbocycles. The van der Waals surface area contributed by atoms with Crippen LogP contribution in [-0.4, -0.2) is 36.5 Å². The lowest BCUT2D eigenvalue weighted by molar-refractivity contribution is 0.0978. The predicted molar refractivity (Wildman–Crippen MR) is 135 cm³/mol. The molecule has 0 atom stereocenters. The molecule has 3 aromatic carbocycles. The van der Waals surface area contributed by atoms with Crippen LogP contribution in [-0.2, 0) is 12.8 Å². The third-order valence-electron chi connectivity index (χ3n) is 6.13. The van der Waals surface area contributed by atoms with Crippen LogP contribution in [0.4, 0.5) is 0 Å². The Hall–Kier alpha value is -4.65. The number of Topliss-reactive ketones (excluding diaryl/α,β-unsaturated/α-hetero) is 2. The van der Waals surface area contributed by atoms with Crippen LogP contribution in [0.25, 0.3) is 32.8 Å². The molecule has 0 radical (unpaired) electrons. The third-order valence-corrected chi connectivity index (χ3v) is 6.13. The number of hydrogen-bond acceptors (Lipinski definition) is 5. The molecule has 7 heteroatoms. The van der Waals surface area contributed by atoms with Gasteiger partial charge in [-0.3, -0.25) is 14.6 Å². The molecule has 2 N–H and O–H groups in total. The maximum Gasteiger partial charge on any atom is 0.188 e. The van der Waals surface area contributed by atoms with Gasteiger partial charge in [0, 0.05) is 30.0 Å². The maximum absolute atomic E-state index is 13.1. The molecule has 0 amide bonds. The normalized spacial score (nSPS) is 11.4. The molecule has 0 bridgehead atoms. The van der Waals surface area contributed by atoms with Crippen LogP contribution in [0, 0.1) is 0 Å². The van der Waals surface area contributed by atoms with E-state index in [4.69, 9.17) is 0 Å². The largest absolute Gasteiger partial charge is 0.342 e. The van der Waals surface area contributed by atoms with Gasteiger partial charge in [0.05, 0.1) is 28.5 Å². The van der Waals surface area contributed by atoms with E-state index in [-0.39, 0.29) is 18.0 Å². The van der Waals surface area contributed by atoms with Gasteiger partial charge in [0.25, 0.3) is 0 Å². The predicted octanol–water partition coefficient (Wildman–Crippen LogP) is 5.23. The molecule has 0 saturated heterocycles. The van der Waals surface area contributed by atoms with Gasteiger partial charge in [-0.15, -0.1) is 0 Å². The summed E-state index contributed by atoms with van der Waals surface area (Å²) in [5.74, 6) is 1.14. The number of aromatic nitrogens is 5. The van der Waals surface area contributed by atoms with Gasteiger partial charge in [-0.25, -0.2) is 9.97 Å². The lowest BCUT2D eigenvalue weighted by atomic mass is 10.0. The summed E-state index contributed by atoms with van der Waals surface area (Å²) >= 11 is 0. The third kappa shape index (κ3) is 4.08. The SMILES string of the molecule is O=C(Cc1nc2c(C(=O)CCc3nc4ccccc4[nH]3)cccc2[nH]1)c1cc2ccccc2cn1. The summed E-state index contributed by atoms with van der Waals surface area (Å²) in [7, 11) is 0. The minimum atomic E-state index is -0.132. The van der Waals surface area contributed by atoms with Crippen LogP contribution in [0.5, 0.6) is 0 Å². The van der Waals surface area contributed by atoms with Crippen molar-refractivity contribution < 1.29 is 9.59 Å². The van der Waals surface area contributed by atoms with E-state index in [0.29, 0.717) is 35.4 Å². The van der Waals surface area contributed by atoms with Crippen molar-refractivity contribution in [3.05, 3.63) is 102 Å². The number of para-hydroxylation sites is 3. The van der Waals surface area contributed by atoms with E-state index in [9.17, 15) is 9.59 Å². The van der Waals surface area contributed by atoms with Crippen LogP contribution in [0.15, 0.2) is 79.0 Å². The standard InChI is InChI=1S/C28H21N5O2/c34-24(12-13-26-30-20-9-3-4-10-21(20)31-26)19-8-5-11-22-28(19)33-27(32-22)15-25(35)23-14-17-6-1-2-7-18(17)16-29-23/h1-11,14,16H,12-13,15H2,(H,30,31)(H,32,33). The number of carbonyl (C=O) groups excluding carboxylic acids is 2. The van der Waals surface area contributed by atoms with E-state index >= 15 is 0 Å². The quantitative estimate of drug-likeness (QED) is 0.318. The van der Waals surface area contributed by atoms with Crippen LogP contribution >= 0.6 is 0 Å². The Morgan fingerprint density at radius 3 is 2.40 bits per heavy atom. The average molecular weight is 460 g/mol. The smallest absolute Gasteiger partial charge is 0.188 e. The molecule has 0 aliphatic rings. The van der Waals surface area contributed by atoms with Crippen LogP contribution in [0.2, 0.25) is 0 Å². The zero-order valence-electron chi connectivity index (χ0n) is 18.8. The molecule has 0 fully saturated rings.